The van der Waals surface area contributed by atoms with E-state index >= 15 is 0 Å². The fraction of sp³-hybridized carbons (Fsp3) is 0.935. The largest absolute Gasteiger partial charge is 0.467 e. The van der Waals surface area contributed by atoms with E-state index in [0.717, 1.165) is 12.8 Å². The van der Waals surface area contributed by atoms with Crippen LogP contribution in [0.3, 0.4) is 0 Å². The third kappa shape index (κ3) is 38.6. The van der Waals surface area contributed by atoms with Crippen molar-refractivity contribution in [2.45, 2.75) is 45.4 Å². The van der Waals surface area contributed by atoms with Crippen LogP contribution in [0.4, 0.5) is 0 Å². The maximum Gasteiger partial charge on any atom is 0.331 e. The Hall–Kier alpha value is -1.46. The molecule has 0 aliphatic rings. The second-order valence-corrected chi connectivity index (χ2v) is 9.52. The molecule has 0 spiro atoms. The molecule has 0 radical (unpaired) electrons. The van der Waals surface area contributed by atoms with Gasteiger partial charge in [0.2, 0.25) is 0 Å². The van der Waals surface area contributed by atoms with Crippen molar-refractivity contribution in [1.82, 2.24) is 0 Å². The molecule has 0 amide bonds. The van der Waals surface area contributed by atoms with Crippen LogP contribution in [0.1, 0.15) is 45.4 Å². The van der Waals surface area contributed by atoms with E-state index in [1.165, 1.54) is 26.4 Å². The molecule has 0 saturated carbocycles. The summed E-state index contributed by atoms with van der Waals surface area (Å²) < 4.78 is 63.5. The SMILES string of the molecule is CCCCCCCC(=O)OCCOCCOCCOCCOCCOCCOCCOCCOCCOCCOCC(=O)OC. The maximum atomic E-state index is 11.6. The summed E-state index contributed by atoms with van der Waals surface area (Å²) in [4.78, 5) is 22.5. The Kier molecular flexibility index (Phi) is 37.5. The summed E-state index contributed by atoms with van der Waals surface area (Å²) in [6.45, 7) is 11.1. The summed E-state index contributed by atoms with van der Waals surface area (Å²) in [7, 11) is 1.31. The third-order valence-electron chi connectivity index (χ3n) is 5.77. The Morgan fingerprint density at radius 2 is 0.689 bits per heavy atom. The minimum Gasteiger partial charge on any atom is -0.467 e. The highest BCUT2D eigenvalue weighted by molar-refractivity contribution is 5.70. The van der Waals surface area contributed by atoms with E-state index in [-0.39, 0.29) is 19.2 Å². The first kappa shape index (κ1) is 43.5. The number of ether oxygens (including phenoxy) is 12. The molecule has 14 heteroatoms. The lowest BCUT2D eigenvalue weighted by molar-refractivity contribution is -0.146. The number of rotatable bonds is 38. The number of esters is 2. The number of unbranched alkanes of at least 4 members (excludes halogenated alkanes) is 4. The maximum absolute atomic E-state index is 11.6. The van der Waals surface area contributed by atoms with Gasteiger partial charge in [0.15, 0.2) is 0 Å². The van der Waals surface area contributed by atoms with Gasteiger partial charge in [-0.3, -0.25) is 4.79 Å². The summed E-state index contributed by atoms with van der Waals surface area (Å²) in [6.07, 6.45) is 6.06. The van der Waals surface area contributed by atoms with Crippen LogP contribution in [0, 0.1) is 0 Å². The van der Waals surface area contributed by atoms with Crippen molar-refractivity contribution in [3.63, 3.8) is 0 Å². The number of carbonyl (C=O) groups excluding carboxylic acids is 2. The monoisotopic (exact) mass is 656 g/mol. The average Bonchev–Trinajstić information content (AvgIpc) is 3.05. The van der Waals surface area contributed by atoms with Gasteiger partial charge in [0.1, 0.15) is 13.2 Å². The van der Waals surface area contributed by atoms with Crippen LogP contribution < -0.4 is 0 Å². The highest BCUT2D eigenvalue weighted by Crippen LogP contribution is 2.05. The van der Waals surface area contributed by atoms with Gasteiger partial charge in [-0.2, -0.15) is 0 Å². The van der Waals surface area contributed by atoms with Gasteiger partial charge in [-0.1, -0.05) is 32.6 Å². The zero-order chi connectivity index (χ0) is 32.7. The van der Waals surface area contributed by atoms with Crippen LogP contribution in [0.2, 0.25) is 0 Å². The summed E-state index contributed by atoms with van der Waals surface area (Å²) in [5, 5.41) is 0. The minimum atomic E-state index is -0.410. The predicted molar refractivity (Wildman–Crippen MR) is 165 cm³/mol. The van der Waals surface area contributed by atoms with E-state index in [9.17, 15) is 9.59 Å². The van der Waals surface area contributed by atoms with Crippen molar-refractivity contribution in [1.29, 1.82) is 0 Å². The fourth-order valence-corrected chi connectivity index (χ4v) is 3.35. The molecule has 45 heavy (non-hydrogen) atoms. The quantitative estimate of drug-likeness (QED) is 0.0707. The summed E-state index contributed by atoms with van der Waals surface area (Å²) in [6, 6.07) is 0. The van der Waals surface area contributed by atoms with E-state index in [2.05, 4.69) is 11.7 Å². The minimum absolute atomic E-state index is 0.0724. The Morgan fingerprint density at radius 3 is 1.02 bits per heavy atom. The van der Waals surface area contributed by atoms with E-state index in [1.54, 1.807) is 0 Å². The molecule has 0 bridgehead atoms. The number of methoxy groups -OCH3 is 1. The van der Waals surface area contributed by atoms with E-state index in [0.29, 0.717) is 132 Å². The lowest BCUT2D eigenvalue weighted by Gasteiger charge is -2.09. The van der Waals surface area contributed by atoms with E-state index in [4.69, 9.17) is 52.1 Å². The normalized spacial score (nSPS) is 11.2. The lowest BCUT2D eigenvalue weighted by Crippen LogP contribution is -2.16. The second-order valence-electron chi connectivity index (χ2n) is 9.52. The molecule has 0 atom stereocenters. The molecule has 0 aromatic heterocycles. The molecule has 0 aromatic rings. The van der Waals surface area contributed by atoms with Crippen molar-refractivity contribution in [2.75, 3.05) is 146 Å². The first-order valence-corrected chi connectivity index (χ1v) is 16.2. The molecule has 0 fully saturated rings. The van der Waals surface area contributed by atoms with Gasteiger partial charge in [0, 0.05) is 6.42 Å². The molecule has 14 nitrogen and oxygen atoms in total. The highest BCUT2D eigenvalue weighted by Gasteiger charge is 2.03. The molecule has 0 unspecified atom stereocenters. The van der Waals surface area contributed by atoms with Gasteiger partial charge in [-0.15, -0.1) is 0 Å². The van der Waals surface area contributed by atoms with Gasteiger partial charge in [-0.25, -0.2) is 4.79 Å². The predicted octanol–water partition coefficient (Wildman–Crippen LogP) is 2.23. The smallest absolute Gasteiger partial charge is 0.331 e. The molecule has 0 aliphatic heterocycles. The number of hydrogen-bond acceptors (Lipinski definition) is 14. The zero-order valence-electron chi connectivity index (χ0n) is 27.8. The molecule has 0 N–H and O–H groups in total. The molecule has 0 saturated heterocycles. The molecular weight excluding hydrogens is 596 g/mol. The van der Waals surface area contributed by atoms with Crippen LogP contribution in [0.25, 0.3) is 0 Å². The van der Waals surface area contributed by atoms with Gasteiger partial charge >= 0.3 is 11.9 Å². The molecule has 268 valence electrons. The van der Waals surface area contributed by atoms with Gasteiger partial charge in [0.25, 0.3) is 0 Å². The highest BCUT2D eigenvalue weighted by atomic mass is 16.6. The third-order valence-corrected chi connectivity index (χ3v) is 5.77. The first-order chi connectivity index (χ1) is 22.2. The van der Waals surface area contributed by atoms with Crippen molar-refractivity contribution >= 4 is 11.9 Å². The number of hydrogen-bond donors (Lipinski definition) is 0. The van der Waals surface area contributed by atoms with Crippen molar-refractivity contribution < 1.29 is 66.4 Å². The summed E-state index contributed by atoms with van der Waals surface area (Å²) in [5.41, 5.74) is 0. The standard InChI is InChI=1S/C31H60O14/c1-3-4-5-6-7-8-30(32)45-28-27-43-24-23-41-20-19-39-16-15-37-12-11-35-9-10-36-13-14-38-17-18-40-21-22-42-25-26-44-29-31(33)34-2/h3-29H2,1-2H3. The van der Waals surface area contributed by atoms with Crippen LogP contribution in [-0.2, 0) is 66.4 Å². The Labute approximate surface area is 269 Å². The summed E-state index contributed by atoms with van der Waals surface area (Å²) >= 11 is 0. The van der Waals surface area contributed by atoms with Crippen LogP contribution in [0.15, 0.2) is 0 Å². The molecule has 0 rings (SSSR count). The van der Waals surface area contributed by atoms with Gasteiger partial charge in [0.05, 0.1) is 133 Å². The summed E-state index contributed by atoms with van der Waals surface area (Å²) in [5.74, 6) is -0.561. The van der Waals surface area contributed by atoms with Crippen molar-refractivity contribution in [3.05, 3.63) is 0 Å². The van der Waals surface area contributed by atoms with E-state index < -0.39 is 5.97 Å². The topological polar surface area (TPSA) is 145 Å². The zero-order valence-corrected chi connectivity index (χ0v) is 27.8. The molecule has 0 aromatic carbocycles. The van der Waals surface area contributed by atoms with Crippen molar-refractivity contribution in [2.24, 2.45) is 0 Å². The average molecular weight is 657 g/mol. The van der Waals surface area contributed by atoms with Crippen LogP contribution in [0.5, 0.6) is 0 Å². The van der Waals surface area contributed by atoms with Gasteiger partial charge in [-0.05, 0) is 6.42 Å². The van der Waals surface area contributed by atoms with E-state index in [1.807, 2.05) is 0 Å². The molecular formula is C31H60O14. The van der Waals surface area contributed by atoms with Crippen LogP contribution in [-0.4, -0.2) is 158 Å². The Balaban J connectivity index is 3.10. The van der Waals surface area contributed by atoms with Gasteiger partial charge < -0.3 is 56.8 Å². The second kappa shape index (κ2) is 38.7. The first-order valence-electron chi connectivity index (χ1n) is 16.2. The fourth-order valence-electron chi connectivity index (χ4n) is 3.35. The van der Waals surface area contributed by atoms with Crippen molar-refractivity contribution in [3.8, 4) is 0 Å². The Bertz CT molecular complexity index is 611. The van der Waals surface area contributed by atoms with Crippen LogP contribution >= 0.6 is 0 Å². The Morgan fingerprint density at radius 1 is 0.378 bits per heavy atom. The molecule has 0 aliphatic carbocycles. The number of carbonyl (C=O) groups is 2. The molecule has 0 heterocycles. The lowest BCUT2D eigenvalue weighted by atomic mass is 10.1.